The fraction of sp³-hybridized carbons (Fsp3) is 0.765. The first-order valence-electron chi connectivity index (χ1n) is 8.51. The Morgan fingerprint density at radius 1 is 1.30 bits per heavy atom. The summed E-state index contributed by atoms with van der Waals surface area (Å²) >= 11 is 1.82. The van der Waals surface area contributed by atoms with E-state index in [0.29, 0.717) is 6.04 Å². The lowest BCUT2D eigenvalue weighted by Crippen LogP contribution is -2.46. The molecule has 23 heavy (non-hydrogen) atoms. The van der Waals surface area contributed by atoms with Crippen LogP contribution < -0.4 is 10.6 Å². The van der Waals surface area contributed by atoms with Crippen molar-refractivity contribution in [1.82, 2.24) is 15.6 Å². The van der Waals surface area contributed by atoms with E-state index in [1.807, 2.05) is 24.6 Å². The molecule has 6 heteroatoms. The molecule has 2 atom stereocenters. The van der Waals surface area contributed by atoms with E-state index in [4.69, 9.17) is 0 Å². The van der Waals surface area contributed by atoms with Gasteiger partial charge in [-0.3, -0.25) is 4.99 Å². The number of rotatable bonds is 5. The van der Waals surface area contributed by atoms with Crippen LogP contribution in [-0.4, -0.2) is 30.6 Å². The Hall–Kier alpha value is -0.370. The second kappa shape index (κ2) is 10.5. The van der Waals surface area contributed by atoms with Gasteiger partial charge in [-0.05, 0) is 37.5 Å². The van der Waals surface area contributed by atoms with Crippen LogP contribution in [0.2, 0.25) is 0 Å². The molecule has 1 fully saturated rings. The van der Waals surface area contributed by atoms with Gasteiger partial charge in [0.1, 0.15) is 0 Å². The number of thiazole rings is 1. The van der Waals surface area contributed by atoms with Crippen molar-refractivity contribution in [2.24, 2.45) is 16.8 Å². The molecule has 0 aromatic carbocycles. The lowest BCUT2D eigenvalue weighted by atomic mass is 9.80. The highest BCUT2D eigenvalue weighted by Gasteiger charge is 2.24. The Balaban J connectivity index is 0.00000264. The summed E-state index contributed by atoms with van der Waals surface area (Å²) in [6.07, 6.45) is 7.88. The van der Waals surface area contributed by atoms with Gasteiger partial charge in [0.15, 0.2) is 5.96 Å². The monoisotopic (exact) mass is 450 g/mol. The largest absolute Gasteiger partial charge is 0.356 e. The Bertz CT molecular complexity index is 479. The van der Waals surface area contributed by atoms with Gasteiger partial charge in [0, 0.05) is 37.1 Å². The van der Waals surface area contributed by atoms with Gasteiger partial charge in [-0.15, -0.1) is 35.3 Å². The summed E-state index contributed by atoms with van der Waals surface area (Å²) in [6.45, 7) is 7.77. The number of aryl methyl sites for hydroxylation is 1. The van der Waals surface area contributed by atoms with Gasteiger partial charge in [0.05, 0.1) is 5.01 Å². The third kappa shape index (κ3) is 6.95. The fourth-order valence-electron chi connectivity index (χ4n) is 3.37. The summed E-state index contributed by atoms with van der Waals surface area (Å²) in [5, 5.41) is 8.23. The highest BCUT2D eigenvalue weighted by atomic mass is 127. The van der Waals surface area contributed by atoms with Crippen molar-refractivity contribution in [2.75, 3.05) is 13.6 Å². The Morgan fingerprint density at radius 2 is 2.00 bits per heavy atom. The summed E-state index contributed by atoms with van der Waals surface area (Å²) in [4.78, 5) is 10.2. The van der Waals surface area contributed by atoms with Crippen molar-refractivity contribution in [3.8, 4) is 0 Å². The van der Waals surface area contributed by atoms with Crippen LogP contribution in [0.1, 0.15) is 49.9 Å². The quantitative estimate of drug-likeness (QED) is 0.407. The van der Waals surface area contributed by atoms with Crippen LogP contribution in [0, 0.1) is 11.8 Å². The number of nitrogens with zero attached hydrogens (tertiary/aromatic N) is 2. The zero-order chi connectivity index (χ0) is 15.9. The molecule has 2 unspecified atom stereocenters. The van der Waals surface area contributed by atoms with Gasteiger partial charge in [-0.1, -0.05) is 20.8 Å². The molecular formula is C17H31IN4S. The average molecular weight is 450 g/mol. The first-order valence-corrected chi connectivity index (χ1v) is 9.33. The molecule has 0 amide bonds. The highest BCUT2D eigenvalue weighted by Crippen LogP contribution is 2.28. The number of hydrogen-bond donors (Lipinski definition) is 2. The Kier molecular flexibility index (Phi) is 9.43. The fourth-order valence-corrected chi connectivity index (χ4v) is 4.23. The van der Waals surface area contributed by atoms with Crippen LogP contribution in [0.25, 0.3) is 0 Å². The second-order valence-corrected chi connectivity index (χ2v) is 7.78. The molecule has 1 aromatic rings. The minimum absolute atomic E-state index is 0. The molecule has 1 aromatic heterocycles. The molecule has 0 bridgehead atoms. The molecule has 0 radical (unpaired) electrons. The van der Waals surface area contributed by atoms with E-state index >= 15 is 0 Å². The molecule has 1 aliphatic carbocycles. The topological polar surface area (TPSA) is 49.3 Å². The summed E-state index contributed by atoms with van der Waals surface area (Å²) < 4.78 is 0. The van der Waals surface area contributed by atoms with Gasteiger partial charge in [-0.2, -0.15) is 0 Å². The highest BCUT2D eigenvalue weighted by molar-refractivity contribution is 14.0. The van der Waals surface area contributed by atoms with Gasteiger partial charge < -0.3 is 10.6 Å². The molecule has 0 saturated heterocycles. The molecule has 0 spiro atoms. The summed E-state index contributed by atoms with van der Waals surface area (Å²) in [5.41, 5.74) is 0. The second-order valence-electron chi connectivity index (χ2n) is 6.58. The van der Waals surface area contributed by atoms with E-state index < -0.39 is 0 Å². The molecule has 2 N–H and O–H groups in total. The molecule has 0 aliphatic heterocycles. The van der Waals surface area contributed by atoms with Crippen molar-refractivity contribution in [3.63, 3.8) is 0 Å². The molecule has 2 rings (SSSR count). The van der Waals surface area contributed by atoms with E-state index in [1.165, 1.54) is 29.1 Å². The predicted molar refractivity (Wildman–Crippen MR) is 111 cm³/mol. The predicted octanol–water partition coefficient (Wildman–Crippen LogP) is 3.86. The van der Waals surface area contributed by atoms with Crippen molar-refractivity contribution in [1.29, 1.82) is 0 Å². The van der Waals surface area contributed by atoms with Crippen molar-refractivity contribution in [2.45, 2.75) is 58.9 Å². The van der Waals surface area contributed by atoms with E-state index in [0.717, 1.165) is 37.2 Å². The van der Waals surface area contributed by atoms with Crippen molar-refractivity contribution >= 4 is 41.3 Å². The molecule has 1 heterocycles. The number of hydrogen-bond acceptors (Lipinski definition) is 3. The maximum absolute atomic E-state index is 4.46. The molecule has 4 nitrogen and oxygen atoms in total. The summed E-state index contributed by atoms with van der Waals surface area (Å²) in [7, 11) is 1.85. The number of nitrogens with one attached hydrogen (secondary N) is 2. The van der Waals surface area contributed by atoms with Crippen molar-refractivity contribution < 1.29 is 0 Å². The van der Waals surface area contributed by atoms with Crippen LogP contribution in [-0.2, 0) is 12.8 Å². The maximum Gasteiger partial charge on any atom is 0.191 e. The van der Waals surface area contributed by atoms with Gasteiger partial charge in [-0.25, -0.2) is 4.98 Å². The zero-order valence-electron chi connectivity index (χ0n) is 14.8. The number of aliphatic imine (C=N–C) groups is 1. The van der Waals surface area contributed by atoms with Gasteiger partial charge >= 0.3 is 0 Å². The summed E-state index contributed by atoms with van der Waals surface area (Å²) in [5.74, 6) is 2.54. The molecule has 132 valence electrons. The smallest absolute Gasteiger partial charge is 0.191 e. The maximum atomic E-state index is 4.46. The molecule has 1 aliphatic rings. The van der Waals surface area contributed by atoms with Crippen LogP contribution in [0.3, 0.4) is 0 Å². The number of aromatic nitrogens is 1. The lowest BCUT2D eigenvalue weighted by Gasteiger charge is -2.32. The third-order valence-electron chi connectivity index (χ3n) is 4.32. The standard InChI is InChI=1S/C17H30N4S.HI/c1-5-15-11-20-16(22-15)6-7-19-17(18-4)21-14-9-12(2)8-13(3)10-14;/h11-14H,5-10H2,1-4H3,(H2,18,19,21);1H. The van der Waals surface area contributed by atoms with E-state index in [2.05, 4.69) is 41.4 Å². The zero-order valence-corrected chi connectivity index (χ0v) is 17.9. The minimum atomic E-state index is 0. The van der Waals surface area contributed by atoms with Crippen LogP contribution in [0.5, 0.6) is 0 Å². The van der Waals surface area contributed by atoms with Crippen LogP contribution >= 0.6 is 35.3 Å². The van der Waals surface area contributed by atoms with Crippen molar-refractivity contribution in [3.05, 3.63) is 16.1 Å². The molecular weight excluding hydrogens is 419 g/mol. The number of guanidine groups is 1. The first-order chi connectivity index (χ1) is 10.6. The van der Waals surface area contributed by atoms with Gasteiger partial charge in [0.2, 0.25) is 0 Å². The van der Waals surface area contributed by atoms with E-state index in [1.54, 1.807) is 0 Å². The first kappa shape index (κ1) is 20.7. The van der Waals surface area contributed by atoms with E-state index in [9.17, 15) is 0 Å². The van der Waals surface area contributed by atoms with Crippen LogP contribution in [0.15, 0.2) is 11.2 Å². The SMILES string of the molecule is CCc1cnc(CCNC(=NC)NC2CC(C)CC(C)C2)s1.I. The average Bonchev–Trinajstić information content (AvgIpc) is 2.93. The lowest BCUT2D eigenvalue weighted by molar-refractivity contribution is 0.255. The molecule has 1 saturated carbocycles. The van der Waals surface area contributed by atoms with Gasteiger partial charge in [0.25, 0.3) is 0 Å². The van der Waals surface area contributed by atoms with Crippen LogP contribution in [0.4, 0.5) is 0 Å². The van der Waals surface area contributed by atoms with E-state index in [-0.39, 0.29) is 24.0 Å². The normalized spacial score (nSPS) is 24.9. The Labute approximate surface area is 162 Å². The number of halogens is 1. The third-order valence-corrected chi connectivity index (χ3v) is 5.53. The Morgan fingerprint density at radius 3 is 2.57 bits per heavy atom. The minimum Gasteiger partial charge on any atom is -0.356 e. The summed E-state index contributed by atoms with van der Waals surface area (Å²) in [6, 6.07) is 0.552.